The minimum atomic E-state index is -0.497. The summed E-state index contributed by atoms with van der Waals surface area (Å²) in [4.78, 5) is 31.3. The number of benzene rings is 2. The molecule has 4 aliphatic rings. The second-order valence-corrected chi connectivity index (χ2v) is 13.0. The van der Waals surface area contributed by atoms with Gasteiger partial charge in [0, 0.05) is 43.2 Å². The third kappa shape index (κ3) is 4.94. The molecule has 0 unspecified atom stereocenters. The van der Waals surface area contributed by atoms with Crippen LogP contribution in [0.1, 0.15) is 43.4 Å². The summed E-state index contributed by atoms with van der Waals surface area (Å²) in [6.45, 7) is 8.30. The third-order valence-corrected chi connectivity index (χ3v) is 10.6. The molecule has 4 aliphatic heterocycles. The van der Waals surface area contributed by atoms with E-state index in [0.717, 1.165) is 77.5 Å². The van der Waals surface area contributed by atoms with Crippen molar-refractivity contribution in [3.63, 3.8) is 0 Å². The van der Waals surface area contributed by atoms with Gasteiger partial charge >= 0.3 is 6.01 Å². The first kappa shape index (κ1) is 28.9. The molecule has 0 saturated carbocycles. The van der Waals surface area contributed by atoms with Crippen molar-refractivity contribution < 1.29 is 9.53 Å². The summed E-state index contributed by atoms with van der Waals surface area (Å²) in [6.07, 6.45) is 7.27. The lowest BCUT2D eigenvalue weighted by molar-refractivity contribution is -0.126. The maximum absolute atomic E-state index is 12.5. The number of anilines is 2. The van der Waals surface area contributed by atoms with Crippen LogP contribution in [-0.4, -0.2) is 83.1 Å². The van der Waals surface area contributed by atoms with Crippen LogP contribution >= 0.6 is 11.6 Å². The van der Waals surface area contributed by atoms with Crippen molar-refractivity contribution in [2.24, 2.45) is 0 Å². The first-order valence-electron chi connectivity index (χ1n) is 15.7. The number of rotatable bonds is 7. The Morgan fingerprint density at radius 1 is 1.20 bits per heavy atom. The molecule has 0 radical (unpaired) electrons. The summed E-state index contributed by atoms with van der Waals surface area (Å²) in [5, 5.41) is 12.7. The summed E-state index contributed by atoms with van der Waals surface area (Å²) in [5.41, 5.74) is 3.19. The first-order chi connectivity index (χ1) is 21.4. The van der Waals surface area contributed by atoms with Gasteiger partial charge in [0.15, 0.2) is 0 Å². The van der Waals surface area contributed by atoms with Crippen LogP contribution in [0, 0.1) is 11.3 Å². The number of carbonyl (C=O) groups is 1. The molecule has 2 atom stereocenters. The SMILES string of the molecule is C=CC(=O)N1C[C@H](N(C)c2nc(OCC34CCCN3CCC4)nc3c2CCN(c2cccc4cccc(Cl)c24)C3)C[C@H]1C#N. The number of aromatic nitrogens is 2. The molecular weight excluding hydrogens is 574 g/mol. The predicted octanol–water partition coefficient (Wildman–Crippen LogP) is 4.97. The predicted molar refractivity (Wildman–Crippen MR) is 172 cm³/mol. The maximum atomic E-state index is 12.5. The van der Waals surface area contributed by atoms with E-state index in [9.17, 15) is 10.1 Å². The van der Waals surface area contributed by atoms with E-state index in [1.54, 1.807) is 4.90 Å². The van der Waals surface area contributed by atoms with E-state index in [2.05, 4.69) is 51.6 Å². The molecule has 228 valence electrons. The van der Waals surface area contributed by atoms with Gasteiger partial charge < -0.3 is 19.4 Å². The molecule has 0 N–H and O–H groups in total. The summed E-state index contributed by atoms with van der Waals surface area (Å²) in [7, 11) is 2.01. The molecule has 44 heavy (non-hydrogen) atoms. The molecule has 1 amide bonds. The van der Waals surface area contributed by atoms with Crippen LogP contribution < -0.4 is 14.5 Å². The van der Waals surface area contributed by atoms with Crippen molar-refractivity contribution >= 4 is 39.8 Å². The van der Waals surface area contributed by atoms with Crippen LogP contribution in [0.5, 0.6) is 6.01 Å². The molecule has 5 heterocycles. The minimum absolute atomic E-state index is 0.0657. The number of likely N-dealkylation sites (N-methyl/N-ethyl adjacent to an activating group) is 1. The number of ether oxygens (including phenoxy) is 1. The Balaban J connectivity index is 1.23. The smallest absolute Gasteiger partial charge is 0.318 e. The van der Waals surface area contributed by atoms with Crippen LogP contribution in [0.4, 0.5) is 11.5 Å². The Kier molecular flexibility index (Phi) is 7.59. The molecule has 3 aromatic rings. The van der Waals surface area contributed by atoms with Gasteiger partial charge in [-0.25, -0.2) is 0 Å². The van der Waals surface area contributed by atoms with Gasteiger partial charge in [-0.1, -0.05) is 42.4 Å². The van der Waals surface area contributed by atoms with Crippen LogP contribution in [-0.2, 0) is 17.8 Å². The molecule has 3 saturated heterocycles. The molecule has 1 aromatic heterocycles. The van der Waals surface area contributed by atoms with E-state index in [1.807, 2.05) is 19.2 Å². The number of fused-ring (bicyclic) bond motifs is 3. The van der Waals surface area contributed by atoms with Crippen molar-refractivity contribution in [1.82, 2.24) is 19.8 Å². The van der Waals surface area contributed by atoms with Crippen molar-refractivity contribution in [2.45, 2.75) is 62.7 Å². The van der Waals surface area contributed by atoms with E-state index in [-0.39, 0.29) is 17.5 Å². The number of carbonyl (C=O) groups excluding carboxylic acids is 1. The topological polar surface area (TPSA) is 88.8 Å². The Morgan fingerprint density at radius 3 is 2.73 bits per heavy atom. The second-order valence-electron chi connectivity index (χ2n) is 12.6. The molecular formula is C34H38ClN7O2. The molecule has 2 aromatic carbocycles. The largest absolute Gasteiger partial charge is 0.461 e. The lowest BCUT2D eigenvalue weighted by Gasteiger charge is -2.35. The molecule has 7 rings (SSSR count). The number of hydrogen-bond donors (Lipinski definition) is 0. The summed E-state index contributed by atoms with van der Waals surface area (Å²) in [6, 6.07) is 14.5. The van der Waals surface area contributed by atoms with Gasteiger partial charge in [0.25, 0.3) is 0 Å². The highest BCUT2D eigenvalue weighted by molar-refractivity contribution is 6.36. The lowest BCUT2D eigenvalue weighted by atomic mass is 9.95. The minimum Gasteiger partial charge on any atom is -0.461 e. The molecule has 0 spiro atoms. The number of amides is 1. The van der Waals surface area contributed by atoms with Gasteiger partial charge in [0.2, 0.25) is 5.91 Å². The summed E-state index contributed by atoms with van der Waals surface area (Å²) in [5.74, 6) is 0.602. The number of nitrogens with zero attached hydrogens (tertiary/aromatic N) is 7. The molecule has 3 fully saturated rings. The maximum Gasteiger partial charge on any atom is 0.318 e. The molecule has 10 heteroatoms. The average molecular weight is 612 g/mol. The zero-order valence-corrected chi connectivity index (χ0v) is 26.0. The Morgan fingerprint density at radius 2 is 1.98 bits per heavy atom. The van der Waals surface area contributed by atoms with Gasteiger partial charge in [0.1, 0.15) is 18.5 Å². The summed E-state index contributed by atoms with van der Waals surface area (Å²) >= 11 is 6.72. The van der Waals surface area contributed by atoms with Gasteiger partial charge in [-0.2, -0.15) is 15.2 Å². The monoisotopic (exact) mass is 611 g/mol. The zero-order valence-electron chi connectivity index (χ0n) is 25.2. The number of likely N-dealkylation sites (tertiary alicyclic amines) is 1. The Hall–Kier alpha value is -3.87. The normalized spacial score (nSPS) is 22.5. The molecule has 9 nitrogen and oxygen atoms in total. The van der Waals surface area contributed by atoms with Gasteiger partial charge in [-0.05, 0) is 68.8 Å². The Labute approximate surface area is 263 Å². The van der Waals surface area contributed by atoms with Gasteiger partial charge in [-0.15, -0.1) is 0 Å². The third-order valence-electron chi connectivity index (χ3n) is 10.2. The van der Waals surface area contributed by atoms with Crippen LogP contribution in [0.3, 0.4) is 0 Å². The zero-order chi connectivity index (χ0) is 30.4. The highest BCUT2D eigenvalue weighted by Crippen LogP contribution is 2.40. The highest BCUT2D eigenvalue weighted by atomic mass is 35.5. The Bertz CT molecular complexity index is 1640. The van der Waals surface area contributed by atoms with Crippen LogP contribution in [0.2, 0.25) is 5.02 Å². The number of hydrogen-bond acceptors (Lipinski definition) is 8. The van der Waals surface area contributed by atoms with E-state index in [1.165, 1.54) is 18.9 Å². The van der Waals surface area contributed by atoms with Crippen molar-refractivity contribution in [2.75, 3.05) is 49.6 Å². The van der Waals surface area contributed by atoms with Gasteiger partial charge in [-0.3, -0.25) is 9.69 Å². The van der Waals surface area contributed by atoms with Crippen LogP contribution in [0.25, 0.3) is 10.8 Å². The fourth-order valence-electron chi connectivity index (χ4n) is 7.90. The van der Waals surface area contributed by atoms with E-state index in [4.69, 9.17) is 26.3 Å². The average Bonchev–Trinajstić information content (AvgIpc) is 3.77. The van der Waals surface area contributed by atoms with Crippen molar-refractivity contribution in [3.05, 3.63) is 65.3 Å². The quantitative estimate of drug-likeness (QED) is 0.346. The summed E-state index contributed by atoms with van der Waals surface area (Å²) < 4.78 is 6.50. The highest BCUT2D eigenvalue weighted by Gasteiger charge is 2.45. The molecule has 0 aliphatic carbocycles. The van der Waals surface area contributed by atoms with E-state index in [0.29, 0.717) is 32.1 Å². The van der Waals surface area contributed by atoms with Crippen LogP contribution in [0.15, 0.2) is 49.1 Å². The van der Waals surface area contributed by atoms with Crippen molar-refractivity contribution in [3.8, 4) is 12.1 Å². The first-order valence-corrected chi connectivity index (χ1v) is 16.0. The second kappa shape index (κ2) is 11.6. The molecule has 0 bridgehead atoms. The number of nitriles is 1. The number of halogens is 1. The lowest BCUT2D eigenvalue weighted by Crippen LogP contribution is -2.44. The van der Waals surface area contributed by atoms with E-state index >= 15 is 0 Å². The van der Waals surface area contributed by atoms with E-state index < -0.39 is 6.04 Å². The standard InChI is InChI=1S/C34H38ClN7O2/c1-3-30(43)42-20-25(18-24(42)19-36)39(2)32-26-12-17-40(29-11-5-9-23-8-4-10-27(35)31(23)29)21-28(26)37-33(38-32)44-22-34-13-6-15-41(34)16-7-14-34/h3-5,8-11,24-25H,1,6-7,12-18,20-22H2,2H3/t24-,25+/m0/s1. The van der Waals surface area contributed by atoms with Gasteiger partial charge in [0.05, 0.1) is 34.9 Å². The fraction of sp³-hybridized carbons (Fsp3) is 0.471. The fourth-order valence-corrected chi connectivity index (χ4v) is 8.18. The van der Waals surface area contributed by atoms with Crippen molar-refractivity contribution in [1.29, 1.82) is 5.26 Å².